The molecule has 0 aliphatic heterocycles. The number of rotatable bonds is 4. The van der Waals surface area contributed by atoms with Crippen LogP contribution < -0.4 is 15.2 Å². The van der Waals surface area contributed by atoms with Crippen LogP contribution in [0.5, 0.6) is 11.5 Å². The van der Waals surface area contributed by atoms with Crippen LogP contribution in [0.2, 0.25) is 0 Å². The second-order valence-corrected chi connectivity index (χ2v) is 4.49. The van der Waals surface area contributed by atoms with Gasteiger partial charge in [-0.3, -0.25) is 0 Å². The molecule has 0 aromatic heterocycles. The molecule has 18 heavy (non-hydrogen) atoms. The Kier molecular flexibility index (Phi) is 3.72. The van der Waals surface area contributed by atoms with Crippen molar-refractivity contribution in [3.8, 4) is 11.5 Å². The monoisotopic (exact) mass is 245 g/mol. The van der Waals surface area contributed by atoms with Crippen LogP contribution in [-0.2, 0) is 6.42 Å². The fourth-order valence-corrected chi connectivity index (χ4v) is 2.28. The van der Waals surface area contributed by atoms with Crippen LogP contribution in [0, 0.1) is 0 Å². The van der Waals surface area contributed by atoms with Crippen molar-refractivity contribution < 1.29 is 9.47 Å². The number of nitrogens with two attached hydrogens (primary N) is 1. The third-order valence-electron chi connectivity index (χ3n) is 3.03. The third kappa shape index (κ3) is 2.27. The van der Waals surface area contributed by atoms with Crippen LogP contribution in [0.25, 0.3) is 10.8 Å². The summed E-state index contributed by atoms with van der Waals surface area (Å²) in [5.74, 6) is 1.72. The van der Waals surface area contributed by atoms with Crippen LogP contribution in [0.1, 0.15) is 12.5 Å². The average molecular weight is 245 g/mol. The topological polar surface area (TPSA) is 44.5 Å². The molecule has 0 spiro atoms. The lowest BCUT2D eigenvalue weighted by molar-refractivity contribution is 0.415. The predicted molar refractivity (Wildman–Crippen MR) is 74.4 cm³/mol. The lowest BCUT2D eigenvalue weighted by Crippen LogP contribution is -2.18. The van der Waals surface area contributed by atoms with E-state index in [1.165, 1.54) is 5.56 Å². The van der Waals surface area contributed by atoms with Gasteiger partial charge in [-0.2, -0.15) is 0 Å². The summed E-state index contributed by atoms with van der Waals surface area (Å²) < 4.78 is 10.9. The molecule has 0 amide bonds. The van der Waals surface area contributed by atoms with Crippen LogP contribution in [-0.4, -0.2) is 20.3 Å². The zero-order chi connectivity index (χ0) is 13.1. The van der Waals surface area contributed by atoms with Crippen molar-refractivity contribution in [1.82, 2.24) is 0 Å². The standard InChI is InChI=1S/C15H19NO2/c1-10(16)9-11-7-8-13(17-2)12-5-4-6-14(18-3)15(11)12/h4-8,10H,9,16H2,1-3H3. The highest BCUT2D eigenvalue weighted by molar-refractivity contribution is 5.95. The van der Waals surface area contributed by atoms with Gasteiger partial charge in [0.2, 0.25) is 0 Å². The van der Waals surface area contributed by atoms with Crippen molar-refractivity contribution in [1.29, 1.82) is 0 Å². The van der Waals surface area contributed by atoms with Gasteiger partial charge in [-0.25, -0.2) is 0 Å². The summed E-state index contributed by atoms with van der Waals surface area (Å²) in [6.45, 7) is 2.01. The minimum absolute atomic E-state index is 0.117. The van der Waals surface area contributed by atoms with Crippen LogP contribution in [0.15, 0.2) is 30.3 Å². The lowest BCUT2D eigenvalue weighted by atomic mass is 9.98. The second kappa shape index (κ2) is 5.27. The van der Waals surface area contributed by atoms with Gasteiger partial charge in [0.15, 0.2) is 0 Å². The first-order chi connectivity index (χ1) is 8.67. The summed E-state index contributed by atoms with van der Waals surface area (Å²) in [6.07, 6.45) is 0.820. The van der Waals surface area contributed by atoms with E-state index in [9.17, 15) is 0 Å². The Morgan fingerprint density at radius 1 is 1.06 bits per heavy atom. The number of hydrogen-bond donors (Lipinski definition) is 1. The van der Waals surface area contributed by atoms with Gasteiger partial charge in [-0.1, -0.05) is 18.2 Å². The molecule has 2 rings (SSSR count). The molecular weight excluding hydrogens is 226 g/mol. The average Bonchev–Trinajstić information content (AvgIpc) is 2.37. The van der Waals surface area contributed by atoms with E-state index in [-0.39, 0.29) is 6.04 Å². The molecule has 3 heteroatoms. The van der Waals surface area contributed by atoms with Gasteiger partial charge in [0, 0.05) is 16.8 Å². The summed E-state index contributed by atoms with van der Waals surface area (Å²) >= 11 is 0. The molecule has 0 saturated carbocycles. The van der Waals surface area contributed by atoms with Crippen LogP contribution in [0.3, 0.4) is 0 Å². The van der Waals surface area contributed by atoms with Gasteiger partial charge in [0.25, 0.3) is 0 Å². The number of hydrogen-bond acceptors (Lipinski definition) is 3. The van der Waals surface area contributed by atoms with E-state index in [0.29, 0.717) is 0 Å². The van der Waals surface area contributed by atoms with Crippen molar-refractivity contribution in [2.75, 3.05) is 14.2 Å². The Bertz CT molecular complexity index is 549. The van der Waals surface area contributed by atoms with E-state index < -0.39 is 0 Å². The quantitative estimate of drug-likeness (QED) is 0.900. The maximum Gasteiger partial charge on any atom is 0.127 e. The maximum atomic E-state index is 5.91. The lowest BCUT2D eigenvalue weighted by Gasteiger charge is -2.14. The van der Waals surface area contributed by atoms with Gasteiger partial charge in [0.1, 0.15) is 11.5 Å². The SMILES string of the molecule is COc1ccc(CC(C)N)c2c(OC)cccc12. The van der Waals surface area contributed by atoms with Gasteiger partial charge in [-0.05, 0) is 31.0 Å². The predicted octanol–water partition coefficient (Wildman–Crippen LogP) is 2.75. The molecule has 0 saturated heterocycles. The first-order valence-corrected chi connectivity index (χ1v) is 6.05. The van der Waals surface area contributed by atoms with E-state index >= 15 is 0 Å². The van der Waals surface area contributed by atoms with Gasteiger partial charge in [-0.15, -0.1) is 0 Å². The third-order valence-corrected chi connectivity index (χ3v) is 3.03. The molecule has 2 aromatic carbocycles. The Labute approximate surface area is 108 Å². The maximum absolute atomic E-state index is 5.91. The fourth-order valence-electron chi connectivity index (χ4n) is 2.28. The summed E-state index contributed by atoms with van der Waals surface area (Å²) in [7, 11) is 3.36. The van der Waals surface area contributed by atoms with Gasteiger partial charge >= 0.3 is 0 Å². The Hall–Kier alpha value is -1.74. The smallest absolute Gasteiger partial charge is 0.127 e. The first-order valence-electron chi connectivity index (χ1n) is 6.05. The normalized spacial score (nSPS) is 12.4. The van der Waals surface area contributed by atoms with E-state index in [4.69, 9.17) is 15.2 Å². The Morgan fingerprint density at radius 3 is 2.39 bits per heavy atom. The molecule has 0 fully saturated rings. The van der Waals surface area contributed by atoms with Crippen molar-refractivity contribution in [2.24, 2.45) is 5.73 Å². The number of methoxy groups -OCH3 is 2. The molecule has 0 aliphatic rings. The summed E-state index contributed by atoms with van der Waals surface area (Å²) in [6, 6.07) is 10.1. The van der Waals surface area contributed by atoms with E-state index in [2.05, 4.69) is 6.07 Å². The molecule has 0 bridgehead atoms. The van der Waals surface area contributed by atoms with Crippen molar-refractivity contribution in [3.63, 3.8) is 0 Å². The molecule has 0 aliphatic carbocycles. The molecule has 96 valence electrons. The fraction of sp³-hybridized carbons (Fsp3) is 0.333. The van der Waals surface area contributed by atoms with E-state index in [1.54, 1.807) is 14.2 Å². The molecule has 2 N–H and O–H groups in total. The van der Waals surface area contributed by atoms with Crippen molar-refractivity contribution in [2.45, 2.75) is 19.4 Å². The van der Waals surface area contributed by atoms with Crippen molar-refractivity contribution in [3.05, 3.63) is 35.9 Å². The molecule has 0 heterocycles. The molecular formula is C15H19NO2. The number of benzene rings is 2. The van der Waals surface area contributed by atoms with Gasteiger partial charge < -0.3 is 15.2 Å². The van der Waals surface area contributed by atoms with Crippen LogP contribution in [0.4, 0.5) is 0 Å². The number of ether oxygens (including phenoxy) is 2. The minimum Gasteiger partial charge on any atom is -0.496 e. The van der Waals surface area contributed by atoms with Crippen molar-refractivity contribution >= 4 is 10.8 Å². The Balaban J connectivity index is 2.72. The summed E-state index contributed by atoms with van der Waals surface area (Å²) in [4.78, 5) is 0. The minimum atomic E-state index is 0.117. The summed E-state index contributed by atoms with van der Waals surface area (Å²) in [5.41, 5.74) is 7.10. The number of fused-ring (bicyclic) bond motifs is 1. The second-order valence-electron chi connectivity index (χ2n) is 4.49. The summed E-state index contributed by atoms with van der Waals surface area (Å²) in [5, 5.41) is 2.16. The van der Waals surface area contributed by atoms with E-state index in [1.807, 2.05) is 31.2 Å². The highest BCUT2D eigenvalue weighted by Crippen LogP contribution is 2.35. The molecule has 1 atom stereocenters. The highest BCUT2D eigenvalue weighted by Gasteiger charge is 2.12. The Morgan fingerprint density at radius 2 is 1.78 bits per heavy atom. The zero-order valence-corrected chi connectivity index (χ0v) is 11.1. The molecule has 0 radical (unpaired) electrons. The highest BCUT2D eigenvalue weighted by atomic mass is 16.5. The van der Waals surface area contributed by atoms with Crippen LogP contribution >= 0.6 is 0 Å². The largest absolute Gasteiger partial charge is 0.496 e. The molecule has 1 unspecified atom stereocenters. The molecule has 3 nitrogen and oxygen atoms in total. The van der Waals surface area contributed by atoms with Gasteiger partial charge in [0.05, 0.1) is 14.2 Å². The zero-order valence-electron chi connectivity index (χ0n) is 11.1. The molecule has 2 aromatic rings. The van der Waals surface area contributed by atoms with E-state index in [0.717, 1.165) is 28.7 Å². The first kappa shape index (κ1) is 12.7.